The minimum atomic E-state index is -0.632. The zero-order valence-electron chi connectivity index (χ0n) is 11.8. The number of carbonyl (C=O) groups is 1. The van der Waals surface area contributed by atoms with Crippen LogP contribution in [0.5, 0.6) is 5.75 Å². The maximum Gasteiger partial charge on any atom is 0.261 e. The predicted molar refractivity (Wildman–Crippen MR) is 89.9 cm³/mol. The lowest BCUT2D eigenvalue weighted by Crippen LogP contribution is -2.35. The minimum Gasteiger partial charge on any atom is -0.481 e. The summed E-state index contributed by atoms with van der Waals surface area (Å²) in [6.45, 7) is 1.98. The van der Waals surface area contributed by atoms with Crippen LogP contribution in [-0.2, 0) is 11.3 Å². The van der Waals surface area contributed by atoms with Crippen LogP contribution in [0.15, 0.2) is 42.5 Å². The van der Waals surface area contributed by atoms with Crippen LogP contribution in [0.1, 0.15) is 12.5 Å². The summed E-state index contributed by atoms with van der Waals surface area (Å²) in [5, 5.41) is 4.45. The highest BCUT2D eigenvalue weighted by Crippen LogP contribution is 2.21. The Kier molecular flexibility index (Phi) is 5.95. The van der Waals surface area contributed by atoms with Gasteiger partial charge in [-0.1, -0.05) is 40.9 Å². The van der Waals surface area contributed by atoms with Crippen LogP contribution in [0.4, 0.5) is 0 Å². The number of hydrogen-bond donors (Lipinski definition) is 1. The quantitative estimate of drug-likeness (QED) is 0.839. The lowest BCUT2D eigenvalue weighted by atomic mass is 10.2. The van der Waals surface area contributed by atoms with Gasteiger partial charge in [-0.25, -0.2) is 0 Å². The molecular formula is C16H14Cl3NO2. The van der Waals surface area contributed by atoms with Crippen molar-refractivity contribution < 1.29 is 9.53 Å². The van der Waals surface area contributed by atoms with Gasteiger partial charge in [0.2, 0.25) is 0 Å². The summed E-state index contributed by atoms with van der Waals surface area (Å²) in [6.07, 6.45) is -0.632. The van der Waals surface area contributed by atoms with Gasteiger partial charge in [0.05, 0.1) is 0 Å². The Bertz CT molecular complexity index is 659. The summed E-state index contributed by atoms with van der Waals surface area (Å²) in [6, 6.07) is 12.0. The summed E-state index contributed by atoms with van der Waals surface area (Å²) < 4.78 is 5.54. The van der Waals surface area contributed by atoms with E-state index in [2.05, 4.69) is 5.32 Å². The molecular weight excluding hydrogens is 345 g/mol. The second-order valence-corrected chi connectivity index (χ2v) is 5.95. The summed E-state index contributed by atoms with van der Waals surface area (Å²) in [5.41, 5.74) is 0.790. The van der Waals surface area contributed by atoms with E-state index in [0.717, 1.165) is 5.56 Å². The maximum absolute atomic E-state index is 12.0. The molecule has 0 saturated carbocycles. The molecule has 0 aliphatic heterocycles. The van der Waals surface area contributed by atoms with Gasteiger partial charge in [0.15, 0.2) is 6.10 Å². The van der Waals surface area contributed by atoms with Gasteiger partial charge in [0.1, 0.15) is 5.75 Å². The van der Waals surface area contributed by atoms with E-state index in [1.54, 1.807) is 49.4 Å². The van der Waals surface area contributed by atoms with Crippen LogP contribution in [0.2, 0.25) is 15.1 Å². The second-order valence-electron chi connectivity index (χ2n) is 4.67. The Labute approximate surface area is 144 Å². The molecule has 116 valence electrons. The molecule has 0 fully saturated rings. The van der Waals surface area contributed by atoms with Crippen molar-refractivity contribution in [2.75, 3.05) is 0 Å². The fraction of sp³-hybridized carbons (Fsp3) is 0.188. The number of nitrogens with one attached hydrogen (secondary N) is 1. The van der Waals surface area contributed by atoms with E-state index < -0.39 is 6.10 Å². The van der Waals surface area contributed by atoms with E-state index in [1.165, 1.54) is 0 Å². The molecule has 1 amide bonds. The summed E-state index contributed by atoms with van der Waals surface area (Å²) in [7, 11) is 0. The number of carbonyl (C=O) groups excluding carboxylic acids is 1. The number of halogens is 3. The monoisotopic (exact) mass is 357 g/mol. The first kappa shape index (κ1) is 16.9. The first-order valence-electron chi connectivity index (χ1n) is 6.59. The van der Waals surface area contributed by atoms with Crippen LogP contribution < -0.4 is 10.1 Å². The lowest BCUT2D eigenvalue weighted by Gasteiger charge is -2.15. The fourth-order valence-corrected chi connectivity index (χ4v) is 2.36. The third-order valence-electron chi connectivity index (χ3n) is 2.96. The Balaban J connectivity index is 1.89. The fourth-order valence-electron chi connectivity index (χ4n) is 1.76. The molecule has 0 saturated heterocycles. The molecule has 22 heavy (non-hydrogen) atoms. The van der Waals surface area contributed by atoms with Gasteiger partial charge in [-0.05, 0) is 48.9 Å². The average Bonchev–Trinajstić information content (AvgIpc) is 2.48. The second kappa shape index (κ2) is 7.73. The smallest absolute Gasteiger partial charge is 0.261 e. The third kappa shape index (κ3) is 4.80. The van der Waals surface area contributed by atoms with Gasteiger partial charge in [-0.3, -0.25) is 4.79 Å². The van der Waals surface area contributed by atoms with Crippen molar-refractivity contribution in [1.29, 1.82) is 0 Å². The number of ether oxygens (including phenoxy) is 1. The van der Waals surface area contributed by atoms with E-state index in [4.69, 9.17) is 39.5 Å². The van der Waals surface area contributed by atoms with Crippen LogP contribution in [-0.4, -0.2) is 12.0 Å². The Morgan fingerprint density at radius 3 is 2.36 bits per heavy atom. The largest absolute Gasteiger partial charge is 0.481 e. The molecule has 1 N–H and O–H groups in total. The van der Waals surface area contributed by atoms with Crippen LogP contribution in [0, 0.1) is 0 Å². The highest BCUT2D eigenvalue weighted by molar-refractivity contribution is 6.35. The standard InChI is InChI=1S/C16H14Cl3NO2/c1-10(22-14-6-4-12(17)5-7-14)16(21)20-9-11-2-3-13(18)8-15(11)19/h2-8,10H,9H2,1H3,(H,20,21)/t10-/m1/s1. The molecule has 6 heteroatoms. The van der Waals surface area contributed by atoms with Crippen molar-refractivity contribution in [2.24, 2.45) is 0 Å². The van der Waals surface area contributed by atoms with E-state index in [9.17, 15) is 4.79 Å². The average molecular weight is 359 g/mol. The van der Waals surface area contributed by atoms with Gasteiger partial charge < -0.3 is 10.1 Å². The molecule has 1 atom stereocenters. The number of rotatable bonds is 5. The van der Waals surface area contributed by atoms with Crippen molar-refractivity contribution in [2.45, 2.75) is 19.6 Å². The molecule has 0 aliphatic rings. The van der Waals surface area contributed by atoms with E-state index >= 15 is 0 Å². The van der Waals surface area contributed by atoms with Gasteiger partial charge in [0, 0.05) is 21.6 Å². The Hall–Kier alpha value is -1.42. The van der Waals surface area contributed by atoms with E-state index in [-0.39, 0.29) is 5.91 Å². The van der Waals surface area contributed by atoms with Crippen molar-refractivity contribution in [3.63, 3.8) is 0 Å². The molecule has 0 aromatic heterocycles. The summed E-state index contributed by atoms with van der Waals surface area (Å²) >= 11 is 17.7. The van der Waals surface area contributed by atoms with Crippen molar-refractivity contribution in [3.8, 4) is 5.75 Å². The highest BCUT2D eigenvalue weighted by Gasteiger charge is 2.14. The van der Waals surface area contributed by atoms with Crippen molar-refractivity contribution >= 4 is 40.7 Å². The number of hydrogen-bond acceptors (Lipinski definition) is 2. The van der Waals surface area contributed by atoms with E-state index in [0.29, 0.717) is 27.4 Å². The molecule has 2 aromatic rings. The first-order chi connectivity index (χ1) is 10.5. The molecule has 0 unspecified atom stereocenters. The first-order valence-corrected chi connectivity index (χ1v) is 7.73. The van der Waals surface area contributed by atoms with Crippen LogP contribution in [0.3, 0.4) is 0 Å². The molecule has 0 aliphatic carbocycles. The zero-order valence-corrected chi connectivity index (χ0v) is 14.0. The Morgan fingerprint density at radius 1 is 1.09 bits per heavy atom. The normalized spacial score (nSPS) is 11.8. The molecule has 0 spiro atoms. The predicted octanol–water partition coefficient (Wildman–Crippen LogP) is 4.73. The van der Waals surface area contributed by atoms with Crippen molar-refractivity contribution in [3.05, 3.63) is 63.1 Å². The van der Waals surface area contributed by atoms with Crippen LogP contribution >= 0.6 is 34.8 Å². The zero-order chi connectivity index (χ0) is 16.1. The van der Waals surface area contributed by atoms with Gasteiger partial charge in [-0.2, -0.15) is 0 Å². The molecule has 0 radical (unpaired) electrons. The van der Waals surface area contributed by atoms with Gasteiger partial charge in [-0.15, -0.1) is 0 Å². The molecule has 2 aromatic carbocycles. The van der Waals surface area contributed by atoms with E-state index in [1.807, 2.05) is 0 Å². The lowest BCUT2D eigenvalue weighted by molar-refractivity contribution is -0.127. The SMILES string of the molecule is C[C@@H](Oc1ccc(Cl)cc1)C(=O)NCc1ccc(Cl)cc1Cl. The Morgan fingerprint density at radius 2 is 1.73 bits per heavy atom. The maximum atomic E-state index is 12.0. The highest BCUT2D eigenvalue weighted by atomic mass is 35.5. The van der Waals surface area contributed by atoms with Crippen molar-refractivity contribution in [1.82, 2.24) is 5.32 Å². The van der Waals surface area contributed by atoms with Gasteiger partial charge >= 0.3 is 0 Å². The summed E-state index contributed by atoms with van der Waals surface area (Å²) in [5.74, 6) is 0.345. The molecule has 3 nitrogen and oxygen atoms in total. The number of amides is 1. The van der Waals surface area contributed by atoms with Gasteiger partial charge in [0.25, 0.3) is 5.91 Å². The molecule has 0 bridgehead atoms. The minimum absolute atomic E-state index is 0.235. The van der Waals surface area contributed by atoms with Crippen LogP contribution in [0.25, 0.3) is 0 Å². The number of benzene rings is 2. The molecule has 2 rings (SSSR count). The third-order valence-corrected chi connectivity index (χ3v) is 3.80. The summed E-state index contributed by atoms with van der Waals surface area (Å²) in [4.78, 5) is 12.0. The topological polar surface area (TPSA) is 38.3 Å². The molecule has 0 heterocycles.